The lowest BCUT2D eigenvalue weighted by Gasteiger charge is -2.35. The van der Waals surface area contributed by atoms with Gasteiger partial charge >= 0.3 is 12.2 Å². The quantitative estimate of drug-likeness (QED) is 0.422. The van der Waals surface area contributed by atoms with Crippen molar-refractivity contribution >= 4 is 11.7 Å². The van der Waals surface area contributed by atoms with E-state index in [1.165, 1.54) is 12.1 Å². The largest absolute Gasteiger partial charge is 0.416 e. The van der Waals surface area contributed by atoms with E-state index >= 15 is 0 Å². The predicted molar refractivity (Wildman–Crippen MR) is 125 cm³/mol. The van der Waals surface area contributed by atoms with Crippen molar-refractivity contribution in [2.24, 2.45) is 0 Å². The van der Waals surface area contributed by atoms with Crippen LogP contribution < -0.4 is 5.32 Å². The summed E-state index contributed by atoms with van der Waals surface area (Å²) in [6, 6.07) is 22.5. The molecule has 0 aliphatic heterocycles. The lowest BCUT2D eigenvalue weighted by molar-refractivity contribution is -0.137. The van der Waals surface area contributed by atoms with Crippen LogP contribution in [0.5, 0.6) is 0 Å². The lowest BCUT2D eigenvalue weighted by Crippen LogP contribution is -2.43. The zero-order valence-corrected chi connectivity index (χ0v) is 18.3. The summed E-state index contributed by atoms with van der Waals surface area (Å²) in [7, 11) is 0. The third-order valence-electron chi connectivity index (χ3n) is 6.18. The molecule has 1 N–H and O–H groups in total. The number of carbonyl (C=O) groups is 1. The summed E-state index contributed by atoms with van der Waals surface area (Å²) in [6.07, 6.45) is 0.731. The minimum atomic E-state index is -4.40. The molecular weight excluding hydrogens is 425 g/mol. The number of alkyl halides is 3. The summed E-state index contributed by atoms with van der Waals surface area (Å²) in [5, 5.41) is 2.82. The van der Waals surface area contributed by atoms with Crippen LogP contribution >= 0.6 is 0 Å². The van der Waals surface area contributed by atoms with Gasteiger partial charge < -0.3 is 10.2 Å². The second-order valence-electron chi connectivity index (χ2n) is 8.45. The van der Waals surface area contributed by atoms with Crippen molar-refractivity contribution in [3.63, 3.8) is 0 Å². The van der Waals surface area contributed by atoms with Gasteiger partial charge in [0.15, 0.2) is 0 Å². The number of hydrogen-bond donors (Lipinski definition) is 1. The van der Waals surface area contributed by atoms with E-state index in [9.17, 15) is 18.0 Å². The molecule has 1 fully saturated rings. The highest BCUT2D eigenvalue weighted by atomic mass is 19.4. The molecule has 0 radical (unpaired) electrons. The Balaban J connectivity index is 1.58. The Labute approximate surface area is 192 Å². The van der Waals surface area contributed by atoms with Crippen molar-refractivity contribution in [2.45, 2.75) is 50.9 Å². The van der Waals surface area contributed by atoms with Gasteiger partial charge in [0, 0.05) is 18.3 Å². The van der Waals surface area contributed by atoms with E-state index in [2.05, 4.69) is 11.4 Å². The summed E-state index contributed by atoms with van der Waals surface area (Å²) >= 11 is 0. The molecule has 172 valence electrons. The lowest BCUT2D eigenvalue weighted by atomic mass is 9.93. The standard InChI is InChI=1S/C27H27F3N2O/c28-27(29,30)22-15-17-23(18-16-22)31-26(33)32(24-12-5-2-6-13-24)19-21-11-7-8-14-25(21)20-9-3-1-4-10-20/h1,3-4,7-11,14-18,24H,2,5-6,12-13,19H2,(H,31,33). The SMILES string of the molecule is O=C(Nc1ccc(C(F)(F)F)cc1)N(Cc1ccccc1-c1ccccc1)C1CCCCC1. The molecule has 0 bridgehead atoms. The number of nitrogens with zero attached hydrogens (tertiary/aromatic N) is 1. The topological polar surface area (TPSA) is 32.3 Å². The van der Waals surface area contributed by atoms with E-state index in [4.69, 9.17) is 0 Å². The fourth-order valence-corrected chi connectivity index (χ4v) is 4.44. The number of benzene rings is 3. The molecule has 6 heteroatoms. The van der Waals surface area contributed by atoms with Gasteiger partial charge in [0.05, 0.1) is 5.56 Å². The highest BCUT2D eigenvalue weighted by Gasteiger charge is 2.30. The number of carbonyl (C=O) groups excluding carboxylic acids is 1. The maximum Gasteiger partial charge on any atom is 0.416 e. The molecule has 2 amide bonds. The van der Waals surface area contributed by atoms with E-state index in [0.29, 0.717) is 12.2 Å². The third kappa shape index (κ3) is 5.75. The summed E-state index contributed by atoms with van der Waals surface area (Å²) in [4.78, 5) is 15.2. The number of halogens is 3. The number of hydrogen-bond acceptors (Lipinski definition) is 1. The molecular formula is C27H27F3N2O. The van der Waals surface area contributed by atoms with Gasteiger partial charge in [0.25, 0.3) is 0 Å². The second kappa shape index (κ2) is 10.1. The summed E-state index contributed by atoms with van der Waals surface area (Å²) in [6.45, 7) is 0.433. The highest BCUT2D eigenvalue weighted by molar-refractivity contribution is 5.89. The molecule has 0 aromatic heterocycles. The molecule has 1 saturated carbocycles. The summed E-state index contributed by atoms with van der Waals surface area (Å²) in [5.41, 5.74) is 2.81. The van der Waals surface area contributed by atoms with Crippen LogP contribution in [-0.4, -0.2) is 17.0 Å². The van der Waals surface area contributed by atoms with E-state index < -0.39 is 11.7 Å². The predicted octanol–water partition coefficient (Wildman–Crippen LogP) is 7.74. The molecule has 0 atom stereocenters. The van der Waals surface area contributed by atoms with E-state index in [1.54, 1.807) is 0 Å². The van der Waals surface area contributed by atoms with Crippen LogP contribution in [0.2, 0.25) is 0 Å². The molecule has 0 saturated heterocycles. The number of urea groups is 1. The molecule has 3 nitrogen and oxygen atoms in total. The van der Waals surface area contributed by atoms with Crippen LogP contribution in [0.1, 0.15) is 43.2 Å². The first kappa shape index (κ1) is 22.9. The molecule has 1 aliphatic rings. The van der Waals surface area contributed by atoms with Gasteiger partial charge in [0.2, 0.25) is 0 Å². The van der Waals surface area contributed by atoms with Crippen LogP contribution in [-0.2, 0) is 12.7 Å². The zero-order valence-electron chi connectivity index (χ0n) is 18.3. The second-order valence-corrected chi connectivity index (χ2v) is 8.45. The smallest absolute Gasteiger partial charge is 0.317 e. The summed E-state index contributed by atoms with van der Waals surface area (Å²) in [5.74, 6) is 0. The highest BCUT2D eigenvalue weighted by Crippen LogP contribution is 2.31. The van der Waals surface area contributed by atoms with Crippen molar-refractivity contribution in [2.75, 3.05) is 5.32 Å². The van der Waals surface area contributed by atoms with Gasteiger partial charge in [-0.15, -0.1) is 0 Å². The minimum absolute atomic E-state index is 0.0945. The maximum atomic E-state index is 13.3. The van der Waals surface area contributed by atoms with E-state index in [-0.39, 0.29) is 12.1 Å². The number of nitrogens with one attached hydrogen (secondary N) is 1. The van der Waals surface area contributed by atoms with E-state index in [0.717, 1.165) is 60.9 Å². The Morgan fingerprint density at radius 3 is 2.15 bits per heavy atom. The molecule has 3 aromatic carbocycles. The Kier molecular flexibility index (Phi) is 7.02. The minimum Gasteiger partial charge on any atom is -0.317 e. The average Bonchev–Trinajstić information content (AvgIpc) is 2.83. The monoisotopic (exact) mass is 452 g/mol. The van der Waals surface area contributed by atoms with Gasteiger partial charge in [-0.1, -0.05) is 73.9 Å². The fraction of sp³-hybridized carbons (Fsp3) is 0.296. The van der Waals surface area contributed by atoms with Crippen LogP contribution in [0.15, 0.2) is 78.9 Å². The zero-order chi connectivity index (χ0) is 23.3. The van der Waals surface area contributed by atoms with Crippen molar-refractivity contribution in [3.8, 4) is 11.1 Å². The Morgan fingerprint density at radius 1 is 0.848 bits per heavy atom. The molecule has 0 unspecified atom stereocenters. The first-order chi connectivity index (χ1) is 15.9. The maximum absolute atomic E-state index is 13.3. The Bertz CT molecular complexity index is 1060. The van der Waals surface area contributed by atoms with Crippen LogP contribution in [0, 0.1) is 0 Å². The molecule has 33 heavy (non-hydrogen) atoms. The molecule has 1 aliphatic carbocycles. The Hall–Kier alpha value is -3.28. The van der Waals surface area contributed by atoms with E-state index in [1.807, 2.05) is 53.4 Å². The number of anilines is 1. The van der Waals surface area contributed by atoms with Crippen molar-refractivity contribution < 1.29 is 18.0 Å². The fourth-order valence-electron chi connectivity index (χ4n) is 4.44. The van der Waals surface area contributed by atoms with Crippen molar-refractivity contribution in [1.82, 2.24) is 4.90 Å². The van der Waals surface area contributed by atoms with Crippen LogP contribution in [0.4, 0.5) is 23.7 Å². The van der Waals surface area contributed by atoms with Gasteiger partial charge in [0.1, 0.15) is 0 Å². The van der Waals surface area contributed by atoms with Gasteiger partial charge in [-0.05, 0) is 53.8 Å². The third-order valence-corrected chi connectivity index (χ3v) is 6.18. The van der Waals surface area contributed by atoms with Crippen molar-refractivity contribution in [3.05, 3.63) is 90.0 Å². The number of rotatable bonds is 5. The Morgan fingerprint density at radius 2 is 1.48 bits per heavy atom. The van der Waals surface area contributed by atoms with Gasteiger partial charge in [-0.2, -0.15) is 13.2 Å². The van der Waals surface area contributed by atoms with Crippen LogP contribution in [0.3, 0.4) is 0 Å². The summed E-state index contributed by atoms with van der Waals surface area (Å²) < 4.78 is 38.6. The molecule has 3 aromatic rings. The van der Waals surface area contributed by atoms with Crippen LogP contribution in [0.25, 0.3) is 11.1 Å². The van der Waals surface area contributed by atoms with Crippen molar-refractivity contribution in [1.29, 1.82) is 0 Å². The normalized spacial score (nSPS) is 14.6. The molecule has 0 heterocycles. The first-order valence-electron chi connectivity index (χ1n) is 11.3. The number of amides is 2. The molecule has 0 spiro atoms. The van der Waals surface area contributed by atoms with Gasteiger partial charge in [-0.3, -0.25) is 0 Å². The van der Waals surface area contributed by atoms with Gasteiger partial charge in [-0.25, -0.2) is 4.79 Å². The first-order valence-corrected chi connectivity index (χ1v) is 11.3. The average molecular weight is 453 g/mol. The molecule has 4 rings (SSSR count).